The van der Waals surface area contributed by atoms with E-state index in [1.165, 1.54) is 11.3 Å². The van der Waals surface area contributed by atoms with E-state index in [4.69, 9.17) is 9.47 Å². The van der Waals surface area contributed by atoms with E-state index >= 15 is 0 Å². The largest absolute Gasteiger partial charge is 0.490 e. The van der Waals surface area contributed by atoms with Crippen molar-refractivity contribution in [2.75, 3.05) is 6.61 Å². The van der Waals surface area contributed by atoms with Crippen LogP contribution in [0, 0.1) is 0 Å². The highest BCUT2D eigenvalue weighted by Crippen LogP contribution is 2.29. The Bertz CT molecular complexity index is 1550. The van der Waals surface area contributed by atoms with Crippen LogP contribution in [0.25, 0.3) is 22.1 Å². The minimum atomic E-state index is -0.462. The zero-order valence-corrected chi connectivity index (χ0v) is 18.0. The SMILES string of the molecule is CCOc1cc(C=c2sc3nc4ccccc4n3c2=O)ccc1OC(=O)c1ccccc1. The highest BCUT2D eigenvalue weighted by atomic mass is 32.1. The van der Waals surface area contributed by atoms with Gasteiger partial charge in [-0.3, -0.25) is 4.79 Å². The van der Waals surface area contributed by atoms with Gasteiger partial charge in [-0.15, -0.1) is 0 Å². The van der Waals surface area contributed by atoms with Crippen molar-refractivity contribution >= 4 is 39.4 Å². The number of carbonyl (C=O) groups excluding carboxylic acids is 1. The van der Waals surface area contributed by atoms with Crippen molar-refractivity contribution in [1.29, 1.82) is 0 Å². The summed E-state index contributed by atoms with van der Waals surface area (Å²) in [5, 5.41) is 0. The van der Waals surface area contributed by atoms with Crippen molar-refractivity contribution < 1.29 is 14.3 Å². The number of carbonyl (C=O) groups is 1. The standard InChI is InChI=1S/C25H18N2O4S/c1-2-30-21-14-16(12-13-20(21)31-24(29)17-8-4-3-5-9-17)15-22-23(28)27-19-11-7-6-10-18(19)26-25(27)32-22/h3-15H,2H2,1H3. The molecule has 0 unspecified atom stereocenters. The molecule has 0 aliphatic rings. The molecule has 158 valence electrons. The van der Waals surface area contributed by atoms with Crippen LogP contribution in [-0.4, -0.2) is 22.0 Å². The van der Waals surface area contributed by atoms with Crippen molar-refractivity contribution in [3.63, 3.8) is 0 Å². The third-order valence-corrected chi connectivity index (χ3v) is 5.89. The van der Waals surface area contributed by atoms with Crippen LogP contribution >= 0.6 is 11.3 Å². The van der Waals surface area contributed by atoms with E-state index in [1.54, 1.807) is 52.9 Å². The van der Waals surface area contributed by atoms with E-state index in [2.05, 4.69) is 4.98 Å². The molecule has 32 heavy (non-hydrogen) atoms. The number of nitrogens with zero attached hydrogens (tertiary/aromatic N) is 2. The second-order valence-electron chi connectivity index (χ2n) is 7.03. The Hall–Kier alpha value is -3.97. The molecule has 3 aromatic carbocycles. The fourth-order valence-electron chi connectivity index (χ4n) is 3.46. The van der Waals surface area contributed by atoms with Gasteiger partial charge in [0.1, 0.15) is 0 Å². The van der Waals surface area contributed by atoms with Gasteiger partial charge in [-0.2, -0.15) is 0 Å². The smallest absolute Gasteiger partial charge is 0.343 e. The van der Waals surface area contributed by atoms with Crippen LogP contribution in [-0.2, 0) is 0 Å². The van der Waals surface area contributed by atoms with Gasteiger partial charge >= 0.3 is 5.97 Å². The van der Waals surface area contributed by atoms with Gasteiger partial charge in [-0.25, -0.2) is 14.2 Å². The molecule has 0 amide bonds. The lowest BCUT2D eigenvalue weighted by Gasteiger charge is -2.11. The van der Waals surface area contributed by atoms with E-state index in [9.17, 15) is 9.59 Å². The number of para-hydroxylation sites is 2. The lowest BCUT2D eigenvalue weighted by molar-refractivity contribution is 0.0728. The predicted octanol–water partition coefficient (Wildman–Crippen LogP) is 4.07. The van der Waals surface area contributed by atoms with Gasteiger partial charge in [0, 0.05) is 0 Å². The van der Waals surface area contributed by atoms with E-state index < -0.39 is 5.97 Å². The number of thiazole rings is 1. The highest BCUT2D eigenvalue weighted by molar-refractivity contribution is 7.15. The van der Waals surface area contributed by atoms with Gasteiger partial charge < -0.3 is 9.47 Å². The third kappa shape index (κ3) is 3.63. The van der Waals surface area contributed by atoms with Crippen LogP contribution < -0.4 is 19.6 Å². The summed E-state index contributed by atoms with van der Waals surface area (Å²) in [5.41, 5.74) is 2.69. The summed E-state index contributed by atoms with van der Waals surface area (Å²) in [4.78, 5) is 30.6. The number of imidazole rings is 1. The zero-order valence-electron chi connectivity index (χ0n) is 17.1. The normalized spacial score (nSPS) is 11.8. The molecule has 0 aliphatic heterocycles. The fraction of sp³-hybridized carbons (Fsp3) is 0.0800. The third-order valence-electron chi connectivity index (χ3n) is 4.92. The maximum atomic E-state index is 13.0. The summed E-state index contributed by atoms with van der Waals surface area (Å²) < 4.78 is 13.4. The zero-order chi connectivity index (χ0) is 22.1. The molecule has 0 radical (unpaired) electrons. The molecule has 0 saturated carbocycles. The van der Waals surface area contributed by atoms with Crippen molar-refractivity contribution in [3.8, 4) is 11.5 Å². The number of ether oxygens (including phenoxy) is 2. The van der Waals surface area contributed by atoms with Crippen LogP contribution in [0.5, 0.6) is 11.5 Å². The molecule has 0 atom stereocenters. The Labute approximate surface area is 187 Å². The number of aromatic nitrogens is 2. The van der Waals surface area contributed by atoms with Crippen molar-refractivity contribution in [2.24, 2.45) is 0 Å². The van der Waals surface area contributed by atoms with Crippen LogP contribution in [0.4, 0.5) is 0 Å². The van der Waals surface area contributed by atoms with Crippen LogP contribution in [0.3, 0.4) is 0 Å². The first-order valence-electron chi connectivity index (χ1n) is 10.1. The molecule has 5 aromatic rings. The molecule has 0 N–H and O–H groups in total. The Balaban J connectivity index is 1.52. The highest BCUT2D eigenvalue weighted by Gasteiger charge is 2.14. The number of rotatable bonds is 5. The first-order valence-corrected chi connectivity index (χ1v) is 10.9. The van der Waals surface area contributed by atoms with E-state index in [1.807, 2.05) is 37.3 Å². The molecule has 7 heteroatoms. The Morgan fingerprint density at radius 3 is 2.62 bits per heavy atom. The molecule has 0 saturated heterocycles. The van der Waals surface area contributed by atoms with Crippen molar-refractivity contribution in [1.82, 2.24) is 9.38 Å². The van der Waals surface area contributed by atoms with E-state index in [-0.39, 0.29) is 5.56 Å². The van der Waals surface area contributed by atoms with Gasteiger partial charge in [0.2, 0.25) is 0 Å². The van der Waals surface area contributed by atoms with Crippen LogP contribution in [0.2, 0.25) is 0 Å². The monoisotopic (exact) mass is 442 g/mol. The number of benzene rings is 3. The second-order valence-corrected chi connectivity index (χ2v) is 8.04. The predicted molar refractivity (Wildman–Crippen MR) is 125 cm³/mol. The van der Waals surface area contributed by atoms with Gasteiger partial charge in [-0.1, -0.05) is 47.7 Å². The summed E-state index contributed by atoms with van der Waals surface area (Å²) in [6.45, 7) is 2.26. The van der Waals surface area contributed by atoms with Crippen LogP contribution in [0.1, 0.15) is 22.8 Å². The summed E-state index contributed by atoms with van der Waals surface area (Å²) in [6.07, 6.45) is 1.79. The fourth-order valence-corrected chi connectivity index (χ4v) is 4.45. The summed E-state index contributed by atoms with van der Waals surface area (Å²) in [7, 11) is 0. The molecule has 2 heterocycles. The Morgan fingerprint density at radius 2 is 1.81 bits per heavy atom. The van der Waals surface area contributed by atoms with Crippen molar-refractivity contribution in [2.45, 2.75) is 6.92 Å². The number of hydrogen-bond acceptors (Lipinski definition) is 6. The average Bonchev–Trinajstić information content (AvgIpc) is 3.32. The topological polar surface area (TPSA) is 69.9 Å². The minimum Gasteiger partial charge on any atom is -0.490 e. The molecule has 2 aromatic heterocycles. The molecule has 0 aliphatic carbocycles. The minimum absolute atomic E-state index is 0.115. The molecule has 0 bridgehead atoms. The first kappa shape index (κ1) is 20.0. The maximum absolute atomic E-state index is 13.0. The summed E-state index contributed by atoms with van der Waals surface area (Å²) >= 11 is 1.33. The molecule has 5 rings (SSSR count). The maximum Gasteiger partial charge on any atom is 0.343 e. The summed E-state index contributed by atoms with van der Waals surface area (Å²) in [6, 6.07) is 21.6. The van der Waals surface area contributed by atoms with Gasteiger partial charge in [0.25, 0.3) is 5.56 Å². The molecule has 0 fully saturated rings. The second kappa shape index (κ2) is 8.28. The number of esters is 1. The number of hydrogen-bond donors (Lipinski definition) is 0. The van der Waals surface area contributed by atoms with Gasteiger partial charge in [0.05, 0.1) is 27.7 Å². The van der Waals surface area contributed by atoms with Gasteiger partial charge in [-0.05, 0) is 55.0 Å². The summed E-state index contributed by atoms with van der Waals surface area (Å²) in [5.74, 6) is 0.299. The van der Waals surface area contributed by atoms with E-state index in [0.717, 1.165) is 16.6 Å². The Kier molecular flexibility index (Phi) is 5.17. The molecule has 6 nitrogen and oxygen atoms in total. The van der Waals surface area contributed by atoms with Crippen molar-refractivity contribution in [3.05, 3.63) is 98.8 Å². The Morgan fingerprint density at radius 1 is 1.03 bits per heavy atom. The quantitative estimate of drug-likeness (QED) is 0.303. The van der Waals surface area contributed by atoms with Crippen LogP contribution in [0.15, 0.2) is 77.6 Å². The lowest BCUT2D eigenvalue weighted by Crippen LogP contribution is -2.22. The number of fused-ring (bicyclic) bond motifs is 3. The lowest BCUT2D eigenvalue weighted by atomic mass is 10.2. The first-order chi connectivity index (χ1) is 15.6. The van der Waals surface area contributed by atoms with Gasteiger partial charge in [0.15, 0.2) is 16.5 Å². The molecular formula is C25H18N2O4S. The molecular weight excluding hydrogens is 424 g/mol. The molecule has 0 spiro atoms. The average molecular weight is 442 g/mol. The van der Waals surface area contributed by atoms with E-state index in [0.29, 0.717) is 33.2 Å².